The van der Waals surface area contributed by atoms with E-state index < -0.39 is 11.5 Å². The van der Waals surface area contributed by atoms with E-state index in [0.717, 1.165) is 0 Å². The Balaban J connectivity index is 2.08. The summed E-state index contributed by atoms with van der Waals surface area (Å²) in [6, 6.07) is 8.00. The van der Waals surface area contributed by atoms with Gasteiger partial charge in [0.1, 0.15) is 0 Å². The van der Waals surface area contributed by atoms with E-state index >= 15 is 0 Å². The van der Waals surface area contributed by atoms with Crippen LogP contribution in [-0.2, 0) is 10.7 Å². The highest BCUT2D eigenvalue weighted by Crippen LogP contribution is 2.31. The molecule has 0 spiro atoms. The summed E-state index contributed by atoms with van der Waals surface area (Å²) in [5.74, 6) is -2.84. The van der Waals surface area contributed by atoms with Gasteiger partial charge in [0, 0.05) is 24.0 Å². The first-order chi connectivity index (χ1) is 9.32. The molecule has 0 aromatic heterocycles. The van der Waals surface area contributed by atoms with Crippen molar-refractivity contribution in [3.05, 3.63) is 35.9 Å². The summed E-state index contributed by atoms with van der Waals surface area (Å²) in [5.41, 5.74) is -0.330. The first-order valence-corrected chi connectivity index (χ1v) is 7.84. The zero-order valence-corrected chi connectivity index (χ0v) is 13.4. The predicted molar refractivity (Wildman–Crippen MR) is 79.5 cm³/mol. The normalized spacial score (nSPS) is 23.8. The van der Waals surface area contributed by atoms with Crippen molar-refractivity contribution in [1.29, 1.82) is 0 Å². The number of nitrogens with zero attached hydrogens (tertiary/aromatic N) is 1. The van der Waals surface area contributed by atoms with Crippen molar-refractivity contribution in [2.75, 3.05) is 25.0 Å². The van der Waals surface area contributed by atoms with Crippen LogP contribution < -0.4 is 0 Å². The lowest BCUT2D eigenvalue weighted by molar-refractivity contribution is -0.147. The molecule has 20 heavy (non-hydrogen) atoms. The Bertz CT molecular complexity index is 439. The van der Waals surface area contributed by atoms with E-state index in [9.17, 15) is 8.78 Å². The lowest BCUT2D eigenvalue weighted by atomic mass is 10.0. The van der Waals surface area contributed by atoms with Gasteiger partial charge in [0.05, 0.1) is 18.2 Å². The van der Waals surface area contributed by atoms with E-state index in [4.69, 9.17) is 4.74 Å². The van der Waals surface area contributed by atoms with Crippen LogP contribution in [0.15, 0.2) is 30.3 Å². The maximum atomic E-state index is 14.3. The number of morpholine rings is 1. The molecule has 1 aromatic carbocycles. The number of alkyl halides is 3. The number of rotatable bonds is 4. The molecule has 1 aromatic rings. The van der Waals surface area contributed by atoms with Crippen LogP contribution in [0.5, 0.6) is 0 Å². The van der Waals surface area contributed by atoms with Crippen molar-refractivity contribution in [3.8, 4) is 0 Å². The van der Waals surface area contributed by atoms with Crippen LogP contribution >= 0.6 is 15.9 Å². The molecule has 0 radical (unpaired) electrons. The predicted octanol–water partition coefficient (Wildman–Crippen LogP) is 3.65. The van der Waals surface area contributed by atoms with E-state index in [1.54, 1.807) is 23.1 Å². The molecule has 0 aliphatic carbocycles. The van der Waals surface area contributed by atoms with E-state index in [1.807, 2.05) is 13.8 Å². The Labute approximate surface area is 127 Å². The van der Waals surface area contributed by atoms with Gasteiger partial charge in [-0.1, -0.05) is 46.3 Å². The van der Waals surface area contributed by atoms with Crippen molar-refractivity contribution in [2.45, 2.75) is 31.5 Å². The zero-order valence-electron chi connectivity index (χ0n) is 11.8. The van der Waals surface area contributed by atoms with E-state index in [-0.39, 0.29) is 18.2 Å². The fraction of sp³-hybridized carbons (Fsp3) is 0.600. The van der Waals surface area contributed by atoms with Crippen molar-refractivity contribution in [1.82, 2.24) is 4.90 Å². The summed E-state index contributed by atoms with van der Waals surface area (Å²) in [6.45, 7) is 4.65. The highest BCUT2D eigenvalue weighted by molar-refractivity contribution is 9.09. The summed E-state index contributed by atoms with van der Waals surface area (Å²) >= 11 is 3.38. The van der Waals surface area contributed by atoms with Gasteiger partial charge >= 0.3 is 0 Å². The third kappa shape index (κ3) is 3.99. The van der Waals surface area contributed by atoms with Crippen LogP contribution in [0.3, 0.4) is 0 Å². The minimum atomic E-state index is -2.84. The number of hydrogen-bond acceptors (Lipinski definition) is 2. The molecule has 5 heteroatoms. The molecule has 2 rings (SSSR count). The molecule has 1 fully saturated rings. The van der Waals surface area contributed by atoms with Gasteiger partial charge in [-0.3, -0.25) is 4.90 Å². The van der Waals surface area contributed by atoms with Gasteiger partial charge in [-0.15, -0.1) is 0 Å². The smallest absolute Gasteiger partial charge is 0.285 e. The van der Waals surface area contributed by atoms with Crippen LogP contribution in [0.4, 0.5) is 8.78 Å². The second kappa shape index (κ2) is 6.08. The minimum Gasteiger partial charge on any atom is -0.369 e. The van der Waals surface area contributed by atoms with Gasteiger partial charge in [-0.05, 0) is 13.8 Å². The molecule has 0 saturated carbocycles. The van der Waals surface area contributed by atoms with Crippen molar-refractivity contribution < 1.29 is 13.5 Å². The van der Waals surface area contributed by atoms with Gasteiger partial charge in [0.2, 0.25) is 0 Å². The average Bonchev–Trinajstić information content (AvgIpc) is 2.37. The van der Waals surface area contributed by atoms with Crippen LogP contribution in [0, 0.1) is 0 Å². The highest BCUT2D eigenvalue weighted by atomic mass is 79.9. The van der Waals surface area contributed by atoms with Gasteiger partial charge in [0.25, 0.3) is 5.92 Å². The number of halogens is 3. The standard InChI is InChI=1S/C15H20BrF2NO/c1-14(2)10-19(9-13(8-16)20-14)11-15(17,18)12-6-4-3-5-7-12/h3-7,13H,8-11H2,1-2H3. The lowest BCUT2D eigenvalue weighted by Gasteiger charge is -2.43. The largest absolute Gasteiger partial charge is 0.369 e. The van der Waals surface area contributed by atoms with Crippen LogP contribution in [-0.4, -0.2) is 41.6 Å². The second-order valence-electron chi connectivity index (χ2n) is 5.89. The second-order valence-corrected chi connectivity index (χ2v) is 6.54. The average molecular weight is 348 g/mol. The van der Waals surface area contributed by atoms with Gasteiger partial charge < -0.3 is 4.74 Å². The summed E-state index contributed by atoms with van der Waals surface area (Å²) in [6.07, 6.45) is -0.0506. The molecule has 0 bridgehead atoms. The van der Waals surface area contributed by atoms with E-state index in [2.05, 4.69) is 15.9 Å². The summed E-state index contributed by atoms with van der Waals surface area (Å²) in [5, 5.41) is 0.657. The number of hydrogen-bond donors (Lipinski definition) is 0. The molecule has 112 valence electrons. The third-order valence-electron chi connectivity index (χ3n) is 3.34. The number of ether oxygens (including phenoxy) is 1. The summed E-state index contributed by atoms with van der Waals surface area (Å²) in [4.78, 5) is 1.79. The SMILES string of the molecule is CC1(C)CN(CC(F)(F)c2ccccc2)CC(CBr)O1. The van der Waals surface area contributed by atoms with E-state index in [1.165, 1.54) is 12.1 Å². The molecule has 1 unspecified atom stereocenters. The van der Waals surface area contributed by atoms with Gasteiger partial charge in [0.15, 0.2) is 0 Å². The Hall–Kier alpha value is -0.520. The number of benzene rings is 1. The first kappa shape index (κ1) is 15.9. The molecule has 1 heterocycles. The Morgan fingerprint density at radius 3 is 2.60 bits per heavy atom. The molecule has 0 N–H and O–H groups in total. The fourth-order valence-electron chi connectivity index (χ4n) is 2.67. The molecule has 1 aliphatic rings. The quantitative estimate of drug-likeness (QED) is 0.770. The topological polar surface area (TPSA) is 12.5 Å². The first-order valence-electron chi connectivity index (χ1n) is 6.72. The Kier molecular flexibility index (Phi) is 4.82. The molecular weight excluding hydrogens is 328 g/mol. The van der Waals surface area contributed by atoms with Crippen molar-refractivity contribution >= 4 is 15.9 Å². The molecule has 2 nitrogen and oxygen atoms in total. The molecule has 1 atom stereocenters. The van der Waals surface area contributed by atoms with Crippen molar-refractivity contribution in [2.24, 2.45) is 0 Å². The molecule has 1 saturated heterocycles. The van der Waals surface area contributed by atoms with Gasteiger partial charge in [-0.25, -0.2) is 0 Å². The molecule has 1 aliphatic heterocycles. The zero-order chi connectivity index (χ0) is 14.8. The maximum absolute atomic E-state index is 14.3. The highest BCUT2D eigenvalue weighted by Gasteiger charge is 2.39. The monoisotopic (exact) mass is 347 g/mol. The third-order valence-corrected chi connectivity index (χ3v) is 4.06. The Morgan fingerprint density at radius 2 is 2.00 bits per heavy atom. The van der Waals surface area contributed by atoms with Gasteiger partial charge in [-0.2, -0.15) is 8.78 Å². The summed E-state index contributed by atoms with van der Waals surface area (Å²) in [7, 11) is 0. The molecule has 0 amide bonds. The Morgan fingerprint density at radius 1 is 1.35 bits per heavy atom. The fourth-order valence-corrected chi connectivity index (χ4v) is 3.01. The lowest BCUT2D eigenvalue weighted by Crippen LogP contribution is -2.55. The van der Waals surface area contributed by atoms with Crippen LogP contribution in [0.25, 0.3) is 0 Å². The molecular formula is C15H20BrF2NO. The van der Waals surface area contributed by atoms with Crippen LogP contribution in [0.2, 0.25) is 0 Å². The minimum absolute atomic E-state index is 0.0506. The van der Waals surface area contributed by atoms with E-state index in [0.29, 0.717) is 18.4 Å². The van der Waals surface area contributed by atoms with Crippen LogP contribution in [0.1, 0.15) is 19.4 Å². The van der Waals surface area contributed by atoms with Crippen molar-refractivity contribution in [3.63, 3.8) is 0 Å². The maximum Gasteiger partial charge on any atom is 0.285 e. The summed E-state index contributed by atoms with van der Waals surface area (Å²) < 4.78 is 34.5.